The third-order valence-electron chi connectivity index (χ3n) is 3.85. The van der Waals surface area contributed by atoms with Gasteiger partial charge in [-0.15, -0.1) is 0 Å². The van der Waals surface area contributed by atoms with Crippen molar-refractivity contribution < 1.29 is 13.2 Å². The highest BCUT2D eigenvalue weighted by Crippen LogP contribution is 2.20. The molecule has 0 saturated carbocycles. The van der Waals surface area contributed by atoms with Gasteiger partial charge < -0.3 is 9.72 Å². The molecule has 7 nitrogen and oxygen atoms in total. The van der Waals surface area contributed by atoms with E-state index in [2.05, 4.69) is 15.0 Å². The highest BCUT2D eigenvalue weighted by atomic mass is 32.2. The minimum Gasteiger partial charge on any atom is -0.321 e. The van der Waals surface area contributed by atoms with Gasteiger partial charge in [-0.2, -0.15) is 0 Å². The molecule has 2 aromatic heterocycles. The van der Waals surface area contributed by atoms with E-state index in [0.29, 0.717) is 16.9 Å². The molecule has 1 amide bonds. The second-order valence-corrected chi connectivity index (χ2v) is 7.59. The number of fused-ring (bicyclic) bond motifs is 1. The number of hydrogen-bond acceptors (Lipinski definition) is 4. The van der Waals surface area contributed by atoms with E-state index in [4.69, 9.17) is 0 Å². The minimum atomic E-state index is -3.60. The van der Waals surface area contributed by atoms with Crippen LogP contribution in [0.1, 0.15) is 21.6 Å². The smallest absolute Gasteiger partial charge is 0.275 e. The van der Waals surface area contributed by atoms with E-state index in [-0.39, 0.29) is 10.6 Å². The molecule has 3 aromatic rings. The van der Waals surface area contributed by atoms with E-state index in [1.54, 1.807) is 29.7 Å². The fourth-order valence-electron chi connectivity index (χ4n) is 2.47. The lowest BCUT2D eigenvalue weighted by Crippen LogP contribution is -2.20. The van der Waals surface area contributed by atoms with Crippen LogP contribution in [0.2, 0.25) is 0 Å². The summed E-state index contributed by atoms with van der Waals surface area (Å²) in [6, 6.07) is 8.53. The molecule has 0 aliphatic heterocycles. The normalized spacial score (nSPS) is 11.6. The summed E-state index contributed by atoms with van der Waals surface area (Å²) in [7, 11) is -2.25. The lowest BCUT2D eigenvalue weighted by molar-refractivity contribution is 0.102. The third kappa shape index (κ3) is 3.40. The molecule has 1 aromatic carbocycles. The minimum absolute atomic E-state index is 0.124. The second-order valence-electron chi connectivity index (χ2n) is 5.74. The van der Waals surface area contributed by atoms with E-state index in [1.165, 1.54) is 13.1 Å². The highest BCUT2D eigenvalue weighted by Gasteiger charge is 2.17. The molecule has 0 fully saturated rings. The third-order valence-corrected chi connectivity index (χ3v) is 5.41. The van der Waals surface area contributed by atoms with Crippen LogP contribution >= 0.6 is 0 Å². The highest BCUT2D eigenvalue weighted by molar-refractivity contribution is 7.89. The van der Waals surface area contributed by atoms with Crippen molar-refractivity contribution in [3.05, 3.63) is 59.5 Å². The number of rotatable bonds is 4. The topological polar surface area (TPSA) is 92.6 Å². The van der Waals surface area contributed by atoms with E-state index in [0.717, 1.165) is 5.56 Å². The van der Waals surface area contributed by atoms with E-state index >= 15 is 0 Å². The molecule has 0 atom stereocenters. The van der Waals surface area contributed by atoms with Crippen LogP contribution in [-0.2, 0) is 10.0 Å². The van der Waals surface area contributed by atoms with Gasteiger partial charge in [0, 0.05) is 18.1 Å². The summed E-state index contributed by atoms with van der Waals surface area (Å²) >= 11 is 0. The second kappa shape index (κ2) is 6.30. The van der Waals surface area contributed by atoms with Gasteiger partial charge >= 0.3 is 0 Å². The molecule has 2 heterocycles. The predicted molar refractivity (Wildman–Crippen MR) is 95.3 cm³/mol. The standard InChI is InChI=1S/C17H18N4O3S/c1-11-6-7-21-10-14(20-16(21)8-11)17(22)19-13-5-4-12(2)15(9-13)25(23,24)18-3/h4-10,18H,1-3H3,(H,19,22). The Labute approximate surface area is 145 Å². The summed E-state index contributed by atoms with van der Waals surface area (Å²) in [4.78, 5) is 16.9. The largest absolute Gasteiger partial charge is 0.321 e. The molecule has 0 radical (unpaired) electrons. The summed E-state index contributed by atoms with van der Waals surface area (Å²) in [5, 5.41) is 2.69. The molecule has 0 aliphatic rings. The van der Waals surface area contributed by atoms with Crippen molar-refractivity contribution in [3.63, 3.8) is 0 Å². The van der Waals surface area contributed by atoms with Crippen molar-refractivity contribution in [3.8, 4) is 0 Å². The number of nitrogens with one attached hydrogen (secondary N) is 2. The zero-order chi connectivity index (χ0) is 18.2. The van der Waals surface area contributed by atoms with Crippen LogP contribution in [0.4, 0.5) is 5.69 Å². The quantitative estimate of drug-likeness (QED) is 0.747. The molecular formula is C17H18N4O3S. The lowest BCUT2D eigenvalue weighted by atomic mass is 10.2. The van der Waals surface area contributed by atoms with Crippen LogP contribution in [-0.4, -0.2) is 30.8 Å². The van der Waals surface area contributed by atoms with Gasteiger partial charge in [-0.05, 0) is 56.3 Å². The van der Waals surface area contributed by atoms with Crippen molar-refractivity contribution in [2.24, 2.45) is 0 Å². The van der Waals surface area contributed by atoms with Crippen LogP contribution in [0, 0.1) is 13.8 Å². The number of carbonyl (C=O) groups excluding carboxylic acids is 1. The zero-order valence-corrected chi connectivity index (χ0v) is 14.9. The molecule has 130 valence electrons. The number of imidazole rings is 1. The molecular weight excluding hydrogens is 340 g/mol. The number of sulfonamides is 1. The van der Waals surface area contributed by atoms with Crippen molar-refractivity contribution in [1.82, 2.24) is 14.1 Å². The van der Waals surface area contributed by atoms with Crippen LogP contribution in [0.25, 0.3) is 5.65 Å². The van der Waals surface area contributed by atoms with Crippen LogP contribution in [0.3, 0.4) is 0 Å². The summed E-state index contributed by atoms with van der Waals surface area (Å²) in [6.07, 6.45) is 3.46. The Morgan fingerprint density at radius 1 is 1.16 bits per heavy atom. The number of anilines is 1. The number of nitrogens with zero attached hydrogens (tertiary/aromatic N) is 2. The van der Waals surface area contributed by atoms with Crippen LogP contribution < -0.4 is 10.0 Å². The first kappa shape index (κ1) is 17.1. The number of benzene rings is 1. The van der Waals surface area contributed by atoms with E-state index in [1.807, 2.05) is 25.3 Å². The Morgan fingerprint density at radius 2 is 1.92 bits per heavy atom. The average Bonchev–Trinajstić information content (AvgIpc) is 2.99. The van der Waals surface area contributed by atoms with Gasteiger partial charge in [0.1, 0.15) is 11.3 Å². The van der Waals surface area contributed by atoms with E-state index in [9.17, 15) is 13.2 Å². The Morgan fingerprint density at radius 3 is 2.64 bits per heavy atom. The van der Waals surface area contributed by atoms with Gasteiger partial charge in [0.25, 0.3) is 5.91 Å². The maximum absolute atomic E-state index is 12.4. The summed E-state index contributed by atoms with van der Waals surface area (Å²) < 4.78 is 28.1. The maximum Gasteiger partial charge on any atom is 0.275 e. The zero-order valence-electron chi connectivity index (χ0n) is 14.1. The monoisotopic (exact) mass is 358 g/mol. The first-order chi connectivity index (χ1) is 11.8. The average molecular weight is 358 g/mol. The summed E-state index contributed by atoms with van der Waals surface area (Å²) in [5.41, 5.74) is 2.95. The van der Waals surface area contributed by atoms with Crippen LogP contribution in [0.15, 0.2) is 47.6 Å². The molecule has 3 rings (SSSR count). The number of aromatic nitrogens is 2. The Balaban J connectivity index is 1.91. The Hall–Kier alpha value is -2.71. The molecule has 8 heteroatoms. The van der Waals surface area contributed by atoms with Crippen molar-refractivity contribution >= 4 is 27.3 Å². The van der Waals surface area contributed by atoms with Gasteiger partial charge in [-0.1, -0.05) is 6.07 Å². The van der Waals surface area contributed by atoms with Crippen molar-refractivity contribution in [1.29, 1.82) is 0 Å². The first-order valence-corrected chi connectivity index (χ1v) is 9.09. The molecule has 25 heavy (non-hydrogen) atoms. The molecule has 0 bridgehead atoms. The first-order valence-electron chi connectivity index (χ1n) is 7.61. The Kier molecular flexibility index (Phi) is 4.32. The number of pyridine rings is 1. The number of amides is 1. The fraction of sp³-hybridized carbons (Fsp3) is 0.176. The maximum atomic E-state index is 12.4. The summed E-state index contributed by atoms with van der Waals surface area (Å²) in [6.45, 7) is 3.64. The fourth-order valence-corrected chi connectivity index (χ4v) is 3.46. The van der Waals surface area contributed by atoms with Crippen molar-refractivity contribution in [2.45, 2.75) is 18.7 Å². The number of carbonyl (C=O) groups is 1. The van der Waals surface area contributed by atoms with Gasteiger partial charge in [-0.25, -0.2) is 18.1 Å². The molecule has 2 N–H and O–H groups in total. The van der Waals surface area contributed by atoms with Gasteiger partial charge in [0.2, 0.25) is 10.0 Å². The number of aryl methyl sites for hydroxylation is 2. The SMILES string of the molecule is CNS(=O)(=O)c1cc(NC(=O)c2cn3ccc(C)cc3n2)ccc1C. The molecule has 0 unspecified atom stereocenters. The lowest BCUT2D eigenvalue weighted by Gasteiger charge is -2.09. The van der Waals surface area contributed by atoms with Crippen molar-refractivity contribution in [2.75, 3.05) is 12.4 Å². The van der Waals surface area contributed by atoms with Gasteiger partial charge in [0.05, 0.1) is 4.90 Å². The van der Waals surface area contributed by atoms with E-state index < -0.39 is 15.9 Å². The molecule has 0 aliphatic carbocycles. The number of hydrogen-bond donors (Lipinski definition) is 2. The predicted octanol–water partition coefficient (Wildman–Crippen LogP) is 2.11. The summed E-state index contributed by atoms with van der Waals surface area (Å²) in [5.74, 6) is -0.405. The Bertz CT molecular complexity index is 1070. The van der Waals surface area contributed by atoms with Gasteiger partial charge in [-0.3, -0.25) is 4.79 Å². The molecule has 0 spiro atoms. The van der Waals surface area contributed by atoms with Crippen LogP contribution in [0.5, 0.6) is 0 Å². The van der Waals surface area contributed by atoms with Gasteiger partial charge in [0.15, 0.2) is 0 Å². The molecule has 0 saturated heterocycles.